The van der Waals surface area contributed by atoms with Gasteiger partial charge in [0.15, 0.2) is 0 Å². The molecule has 11 heavy (non-hydrogen) atoms. The lowest BCUT2D eigenvalue weighted by molar-refractivity contribution is 0.801. The molecule has 64 valence electrons. The van der Waals surface area contributed by atoms with Crippen molar-refractivity contribution in [2.45, 2.75) is 33.7 Å². The van der Waals surface area contributed by atoms with Crippen LogP contribution in [0.4, 0.5) is 0 Å². The van der Waals surface area contributed by atoms with Gasteiger partial charge in [0.1, 0.15) is 0 Å². The van der Waals surface area contributed by atoms with Gasteiger partial charge >= 0.3 is 0 Å². The molecule has 0 aliphatic heterocycles. The standard InChI is InChI=1S/C9H18N2/c1-7(2)9(5-6-10)11-8(3)4/h5-8H,10H2,1-4H3. The molecule has 0 rings (SSSR count). The van der Waals surface area contributed by atoms with Crippen LogP contribution in [0.1, 0.15) is 27.7 Å². The highest BCUT2D eigenvalue weighted by molar-refractivity contribution is 5.96. The summed E-state index contributed by atoms with van der Waals surface area (Å²) >= 11 is 0. The number of hydrogen-bond acceptors (Lipinski definition) is 2. The maximum absolute atomic E-state index is 5.28. The third kappa shape index (κ3) is 4.59. The zero-order valence-corrected chi connectivity index (χ0v) is 7.83. The molecule has 2 N–H and O–H groups in total. The summed E-state index contributed by atoms with van der Waals surface area (Å²) in [4.78, 5) is 4.42. The highest BCUT2D eigenvalue weighted by Gasteiger charge is 2.00. The molecular formula is C9H18N2. The van der Waals surface area contributed by atoms with Crippen molar-refractivity contribution in [3.63, 3.8) is 0 Å². The Morgan fingerprint density at radius 1 is 1.27 bits per heavy atom. The zero-order chi connectivity index (χ0) is 8.85. The van der Waals surface area contributed by atoms with E-state index in [9.17, 15) is 0 Å². The third-order valence-corrected chi connectivity index (χ3v) is 1.27. The average Bonchev–Trinajstić information content (AvgIpc) is 1.86. The first-order chi connectivity index (χ1) is 5.07. The first kappa shape index (κ1) is 10.2. The summed E-state index contributed by atoms with van der Waals surface area (Å²) in [5, 5.41) is 0. The monoisotopic (exact) mass is 154 g/mol. The molecule has 0 fully saturated rings. The van der Waals surface area contributed by atoms with Crippen LogP contribution in [0.2, 0.25) is 0 Å². The highest BCUT2D eigenvalue weighted by atomic mass is 14.8. The smallest absolute Gasteiger partial charge is 0.0446 e. The van der Waals surface area contributed by atoms with Crippen LogP contribution >= 0.6 is 0 Å². The average molecular weight is 154 g/mol. The van der Waals surface area contributed by atoms with Crippen LogP contribution in [0.3, 0.4) is 0 Å². The van der Waals surface area contributed by atoms with E-state index in [0.717, 1.165) is 5.71 Å². The van der Waals surface area contributed by atoms with E-state index in [0.29, 0.717) is 12.0 Å². The Kier molecular flexibility index (Phi) is 4.59. The van der Waals surface area contributed by atoms with E-state index < -0.39 is 0 Å². The van der Waals surface area contributed by atoms with Crippen molar-refractivity contribution >= 4 is 5.71 Å². The van der Waals surface area contributed by atoms with Gasteiger partial charge in [0.2, 0.25) is 0 Å². The Hall–Kier alpha value is -0.790. The predicted molar refractivity (Wildman–Crippen MR) is 50.7 cm³/mol. The minimum absolute atomic E-state index is 0.351. The van der Waals surface area contributed by atoms with E-state index in [1.807, 2.05) is 6.08 Å². The molecule has 0 aliphatic rings. The fraction of sp³-hybridized carbons (Fsp3) is 0.667. The number of nitrogens with zero attached hydrogens (tertiary/aromatic N) is 1. The molecule has 0 saturated heterocycles. The number of rotatable bonds is 3. The molecule has 0 aliphatic carbocycles. The van der Waals surface area contributed by atoms with Gasteiger partial charge in [-0.15, -0.1) is 0 Å². The summed E-state index contributed by atoms with van der Waals surface area (Å²) in [6.45, 7) is 8.35. The molecular weight excluding hydrogens is 136 g/mol. The summed E-state index contributed by atoms with van der Waals surface area (Å²) in [6.07, 6.45) is 3.41. The third-order valence-electron chi connectivity index (χ3n) is 1.27. The van der Waals surface area contributed by atoms with Crippen LogP contribution in [0.15, 0.2) is 17.3 Å². The van der Waals surface area contributed by atoms with Crippen LogP contribution in [0.25, 0.3) is 0 Å². The quantitative estimate of drug-likeness (QED) is 0.620. The lowest BCUT2D eigenvalue weighted by atomic mass is 10.1. The Morgan fingerprint density at radius 2 is 1.82 bits per heavy atom. The molecule has 0 aromatic rings. The maximum atomic E-state index is 5.28. The summed E-state index contributed by atoms with van der Waals surface area (Å²) < 4.78 is 0. The molecule has 0 radical (unpaired) electrons. The second kappa shape index (κ2) is 4.94. The van der Waals surface area contributed by atoms with Crippen LogP contribution in [0.5, 0.6) is 0 Å². The molecule has 2 heteroatoms. The van der Waals surface area contributed by atoms with Crippen LogP contribution in [-0.2, 0) is 0 Å². The molecule has 0 aromatic heterocycles. The van der Waals surface area contributed by atoms with Crippen LogP contribution < -0.4 is 5.73 Å². The Morgan fingerprint density at radius 3 is 2.09 bits per heavy atom. The van der Waals surface area contributed by atoms with E-state index in [2.05, 4.69) is 32.7 Å². The minimum atomic E-state index is 0.351. The SMILES string of the molecule is CC(C)N=C(C=CN)C(C)C. The Balaban J connectivity index is 4.33. The first-order valence-corrected chi connectivity index (χ1v) is 4.04. The van der Waals surface area contributed by atoms with Crippen molar-refractivity contribution < 1.29 is 0 Å². The Labute approximate surface area is 69.2 Å². The number of nitrogens with two attached hydrogens (primary N) is 1. The molecule has 2 nitrogen and oxygen atoms in total. The van der Waals surface area contributed by atoms with E-state index in [4.69, 9.17) is 5.73 Å². The van der Waals surface area contributed by atoms with Gasteiger partial charge in [0.25, 0.3) is 0 Å². The van der Waals surface area contributed by atoms with Gasteiger partial charge in [-0.3, -0.25) is 4.99 Å². The largest absolute Gasteiger partial charge is 0.405 e. The maximum Gasteiger partial charge on any atom is 0.0446 e. The normalized spacial score (nSPS) is 13.8. The van der Waals surface area contributed by atoms with Crippen molar-refractivity contribution in [1.29, 1.82) is 0 Å². The number of hydrogen-bond donors (Lipinski definition) is 1. The molecule has 0 amide bonds. The molecule has 0 heterocycles. The fourth-order valence-corrected chi connectivity index (χ4v) is 0.781. The minimum Gasteiger partial charge on any atom is -0.405 e. The molecule has 0 bridgehead atoms. The second-order valence-corrected chi connectivity index (χ2v) is 3.16. The van der Waals surface area contributed by atoms with Crippen LogP contribution in [0, 0.1) is 5.92 Å². The summed E-state index contributed by atoms with van der Waals surface area (Å²) in [6, 6.07) is 0.351. The fourth-order valence-electron chi connectivity index (χ4n) is 0.781. The molecule has 0 saturated carbocycles. The lowest BCUT2D eigenvalue weighted by Crippen LogP contribution is -2.08. The van der Waals surface area contributed by atoms with Crippen molar-refractivity contribution in [1.82, 2.24) is 0 Å². The van der Waals surface area contributed by atoms with Gasteiger partial charge in [-0.25, -0.2) is 0 Å². The zero-order valence-electron chi connectivity index (χ0n) is 7.83. The first-order valence-electron chi connectivity index (χ1n) is 4.04. The highest BCUT2D eigenvalue weighted by Crippen LogP contribution is 2.01. The summed E-state index contributed by atoms with van der Waals surface area (Å²) in [7, 11) is 0. The number of aliphatic imine (C=N–C) groups is 1. The number of allylic oxidation sites excluding steroid dienone is 1. The van der Waals surface area contributed by atoms with Crippen molar-refractivity contribution in [2.75, 3.05) is 0 Å². The van der Waals surface area contributed by atoms with Crippen molar-refractivity contribution in [3.05, 3.63) is 12.3 Å². The van der Waals surface area contributed by atoms with E-state index >= 15 is 0 Å². The van der Waals surface area contributed by atoms with Gasteiger partial charge in [-0.05, 0) is 32.0 Å². The molecule has 0 unspecified atom stereocenters. The van der Waals surface area contributed by atoms with Gasteiger partial charge < -0.3 is 5.73 Å². The second-order valence-electron chi connectivity index (χ2n) is 3.16. The van der Waals surface area contributed by atoms with Crippen LogP contribution in [-0.4, -0.2) is 11.8 Å². The van der Waals surface area contributed by atoms with E-state index in [-0.39, 0.29) is 0 Å². The van der Waals surface area contributed by atoms with Crippen molar-refractivity contribution in [2.24, 2.45) is 16.6 Å². The van der Waals surface area contributed by atoms with Crippen molar-refractivity contribution in [3.8, 4) is 0 Å². The molecule has 0 aromatic carbocycles. The topological polar surface area (TPSA) is 38.4 Å². The van der Waals surface area contributed by atoms with E-state index in [1.54, 1.807) is 6.20 Å². The molecule has 0 spiro atoms. The van der Waals surface area contributed by atoms with E-state index in [1.165, 1.54) is 0 Å². The Bertz CT molecular complexity index is 155. The van der Waals surface area contributed by atoms with Gasteiger partial charge in [-0.2, -0.15) is 0 Å². The van der Waals surface area contributed by atoms with Gasteiger partial charge in [-0.1, -0.05) is 13.8 Å². The lowest BCUT2D eigenvalue weighted by Gasteiger charge is -2.06. The van der Waals surface area contributed by atoms with Gasteiger partial charge in [0, 0.05) is 11.8 Å². The molecule has 0 atom stereocenters. The summed E-state index contributed by atoms with van der Waals surface area (Å²) in [5.74, 6) is 0.456. The van der Waals surface area contributed by atoms with Gasteiger partial charge in [0.05, 0.1) is 0 Å². The summed E-state index contributed by atoms with van der Waals surface area (Å²) in [5.41, 5.74) is 6.35. The predicted octanol–water partition coefficient (Wildman–Crippen LogP) is 1.96.